The average Bonchev–Trinajstić information content (AvgIpc) is 3.14. The van der Waals surface area contributed by atoms with Crippen molar-refractivity contribution in [1.29, 1.82) is 0 Å². The Balaban J connectivity index is 2.13. The van der Waals surface area contributed by atoms with Crippen molar-refractivity contribution in [3.63, 3.8) is 0 Å². The van der Waals surface area contributed by atoms with Gasteiger partial charge in [-0.1, -0.05) is 24.6 Å². The van der Waals surface area contributed by atoms with Gasteiger partial charge < -0.3 is 10.5 Å². The number of hydrogen-bond acceptors (Lipinski definition) is 3. The molecule has 102 valence electrons. The zero-order valence-electron chi connectivity index (χ0n) is 11.1. The lowest BCUT2D eigenvalue weighted by molar-refractivity contribution is -0.114. The van der Waals surface area contributed by atoms with Crippen molar-refractivity contribution in [1.82, 2.24) is 4.90 Å². The van der Waals surface area contributed by atoms with E-state index in [-0.39, 0.29) is 11.5 Å². The van der Waals surface area contributed by atoms with Crippen molar-refractivity contribution in [2.24, 2.45) is 11.7 Å². The molecule has 2 aliphatic rings. The molecule has 1 aromatic carbocycles. The number of rotatable bonds is 3. The number of nitrogens with zero attached hydrogens (tertiary/aromatic N) is 1. The van der Waals surface area contributed by atoms with Crippen molar-refractivity contribution in [3.05, 3.63) is 34.3 Å². The largest absolute Gasteiger partial charge is 0.330 e. The summed E-state index contributed by atoms with van der Waals surface area (Å²) >= 11 is 6.15. The fourth-order valence-electron chi connectivity index (χ4n) is 3.77. The molecular formula is C15H19ClN2O. The molecule has 1 aromatic rings. The van der Waals surface area contributed by atoms with E-state index in [1.165, 1.54) is 11.1 Å². The van der Waals surface area contributed by atoms with Crippen LogP contribution in [0.15, 0.2) is 18.2 Å². The van der Waals surface area contributed by atoms with Gasteiger partial charge in [-0.3, -0.25) is 4.90 Å². The minimum atomic E-state index is -0.0923. The summed E-state index contributed by atoms with van der Waals surface area (Å²) in [5.41, 5.74) is 8.32. The molecule has 0 aromatic heterocycles. The summed E-state index contributed by atoms with van der Waals surface area (Å²) in [6, 6.07) is 6.01. The van der Waals surface area contributed by atoms with Crippen LogP contribution in [-0.2, 0) is 16.8 Å². The first-order chi connectivity index (χ1) is 9.17. The normalized spacial score (nSPS) is 33.2. The highest BCUT2D eigenvalue weighted by molar-refractivity contribution is 6.30. The number of benzene rings is 1. The number of hydrogen-bond donors (Lipinski definition) is 1. The Labute approximate surface area is 118 Å². The second kappa shape index (κ2) is 4.58. The van der Waals surface area contributed by atoms with Crippen molar-refractivity contribution in [2.75, 3.05) is 13.1 Å². The van der Waals surface area contributed by atoms with Crippen LogP contribution in [0.4, 0.5) is 0 Å². The first kappa shape index (κ1) is 13.1. The van der Waals surface area contributed by atoms with E-state index in [2.05, 4.69) is 17.9 Å². The van der Waals surface area contributed by atoms with Gasteiger partial charge in [0.15, 0.2) is 0 Å². The maximum Gasteiger partial charge on any atom is 0.138 e. The molecule has 0 radical (unpaired) electrons. The predicted octanol–water partition coefficient (Wildman–Crippen LogP) is 1.96. The van der Waals surface area contributed by atoms with Gasteiger partial charge in [0.1, 0.15) is 6.29 Å². The van der Waals surface area contributed by atoms with Crippen LogP contribution in [0.1, 0.15) is 24.5 Å². The fraction of sp³-hybridized carbons (Fsp3) is 0.533. The smallest absolute Gasteiger partial charge is 0.138 e. The third kappa shape index (κ3) is 1.76. The third-order valence-corrected chi connectivity index (χ3v) is 5.08. The van der Waals surface area contributed by atoms with Gasteiger partial charge in [-0.2, -0.15) is 0 Å². The highest BCUT2D eigenvalue weighted by Gasteiger charge is 2.62. The van der Waals surface area contributed by atoms with Crippen molar-refractivity contribution >= 4 is 17.9 Å². The molecule has 0 bridgehead atoms. The molecule has 1 fully saturated rings. The minimum absolute atomic E-state index is 0.0583. The Kier molecular flexibility index (Phi) is 3.16. The number of halogens is 1. The van der Waals surface area contributed by atoms with E-state index in [0.29, 0.717) is 12.5 Å². The van der Waals surface area contributed by atoms with Crippen molar-refractivity contribution in [3.8, 4) is 0 Å². The number of carbonyl (C=O) groups is 1. The molecule has 3 atom stereocenters. The topological polar surface area (TPSA) is 46.3 Å². The SMILES string of the molecule is CCN1Cc2ccc(Cl)cc2C2(CC2CN)C1C=O. The molecule has 1 heterocycles. The van der Waals surface area contributed by atoms with E-state index >= 15 is 0 Å². The molecule has 0 amide bonds. The number of fused-ring (bicyclic) bond motifs is 2. The van der Waals surface area contributed by atoms with E-state index in [4.69, 9.17) is 17.3 Å². The predicted molar refractivity (Wildman–Crippen MR) is 76.2 cm³/mol. The van der Waals surface area contributed by atoms with Crippen molar-refractivity contribution < 1.29 is 4.79 Å². The monoisotopic (exact) mass is 278 g/mol. The van der Waals surface area contributed by atoms with Crippen LogP contribution >= 0.6 is 11.6 Å². The Bertz CT molecular complexity index is 519. The van der Waals surface area contributed by atoms with Gasteiger partial charge in [-0.15, -0.1) is 0 Å². The fourth-order valence-corrected chi connectivity index (χ4v) is 3.94. The highest BCUT2D eigenvalue weighted by Crippen LogP contribution is 2.60. The zero-order chi connectivity index (χ0) is 13.6. The molecule has 3 unspecified atom stereocenters. The van der Waals surface area contributed by atoms with Crippen LogP contribution in [0.5, 0.6) is 0 Å². The average molecular weight is 279 g/mol. The molecule has 3 rings (SSSR count). The Morgan fingerprint density at radius 3 is 2.95 bits per heavy atom. The molecule has 3 nitrogen and oxygen atoms in total. The van der Waals surface area contributed by atoms with Gasteiger partial charge in [-0.25, -0.2) is 0 Å². The first-order valence-electron chi connectivity index (χ1n) is 6.85. The summed E-state index contributed by atoms with van der Waals surface area (Å²) < 4.78 is 0. The first-order valence-corrected chi connectivity index (χ1v) is 7.23. The Hall–Kier alpha value is -0.900. The highest BCUT2D eigenvalue weighted by atomic mass is 35.5. The van der Waals surface area contributed by atoms with Crippen LogP contribution in [0.25, 0.3) is 0 Å². The zero-order valence-corrected chi connectivity index (χ0v) is 11.9. The van der Waals surface area contributed by atoms with Crippen molar-refractivity contribution in [2.45, 2.75) is 31.3 Å². The third-order valence-electron chi connectivity index (χ3n) is 4.84. The molecule has 1 spiro atoms. The van der Waals surface area contributed by atoms with Gasteiger partial charge in [0, 0.05) is 17.0 Å². The molecule has 4 heteroatoms. The quantitative estimate of drug-likeness (QED) is 0.860. The minimum Gasteiger partial charge on any atom is -0.330 e. The van der Waals surface area contributed by atoms with E-state index in [1.807, 2.05) is 12.1 Å². The van der Waals surface area contributed by atoms with Gasteiger partial charge in [-0.05, 0) is 48.7 Å². The van der Waals surface area contributed by atoms with E-state index < -0.39 is 0 Å². The molecule has 2 N–H and O–H groups in total. The van der Waals surface area contributed by atoms with Crippen LogP contribution in [-0.4, -0.2) is 30.3 Å². The lowest BCUT2D eigenvalue weighted by atomic mass is 9.79. The number of nitrogens with two attached hydrogens (primary N) is 1. The van der Waals surface area contributed by atoms with Gasteiger partial charge in [0.2, 0.25) is 0 Å². The summed E-state index contributed by atoms with van der Waals surface area (Å²) in [5, 5.41) is 0.746. The maximum atomic E-state index is 11.6. The Morgan fingerprint density at radius 1 is 1.58 bits per heavy atom. The molecule has 1 aliphatic heterocycles. The standard InChI is InChI=1S/C15H19ClN2O/c1-2-18-8-10-3-4-12(16)5-13(10)15(14(18)9-19)6-11(15)7-17/h3-5,9,11,14H,2,6-8,17H2,1H3. The summed E-state index contributed by atoms with van der Waals surface area (Å²) in [7, 11) is 0. The second-order valence-electron chi connectivity index (χ2n) is 5.62. The summed E-state index contributed by atoms with van der Waals surface area (Å²) in [5.74, 6) is 0.397. The van der Waals surface area contributed by atoms with Crippen LogP contribution in [0, 0.1) is 5.92 Å². The molecule has 1 aliphatic carbocycles. The summed E-state index contributed by atoms with van der Waals surface area (Å²) in [6.07, 6.45) is 2.10. The van der Waals surface area contributed by atoms with Crippen LogP contribution in [0.2, 0.25) is 5.02 Å². The van der Waals surface area contributed by atoms with Gasteiger partial charge in [0.05, 0.1) is 6.04 Å². The number of aldehydes is 1. The van der Waals surface area contributed by atoms with E-state index in [9.17, 15) is 4.79 Å². The van der Waals surface area contributed by atoms with Crippen LogP contribution in [0.3, 0.4) is 0 Å². The van der Waals surface area contributed by atoms with Gasteiger partial charge >= 0.3 is 0 Å². The molecule has 19 heavy (non-hydrogen) atoms. The summed E-state index contributed by atoms with van der Waals surface area (Å²) in [6.45, 7) is 4.44. The number of carbonyl (C=O) groups excluding carboxylic acids is 1. The molecule has 1 saturated carbocycles. The van der Waals surface area contributed by atoms with E-state index in [0.717, 1.165) is 30.8 Å². The second-order valence-corrected chi connectivity index (χ2v) is 6.06. The van der Waals surface area contributed by atoms with E-state index in [1.54, 1.807) is 0 Å². The Morgan fingerprint density at radius 2 is 2.37 bits per heavy atom. The maximum absolute atomic E-state index is 11.6. The summed E-state index contributed by atoms with van der Waals surface area (Å²) in [4.78, 5) is 13.9. The molecule has 0 saturated heterocycles. The number of likely N-dealkylation sites (N-methyl/N-ethyl adjacent to an activating group) is 1. The molecular weight excluding hydrogens is 260 g/mol. The lowest BCUT2D eigenvalue weighted by Crippen LogP contribution is -2.50. The lowest BCUT2D eigenvalue weighted by Gasteiger charge is -2.40. The van der Waals surface area contributed by atoms with Gasteiger partial charge in [0.25, 0.3) is 0 Å². The van der Waals surface area contributed by atoms with Crippen LogP contribution < -0.4 is 5.73 Å².